The Kier molecular flexibility index (Phi) is 4.11. The molecule has 0 saturated carbocycles. The van der Waals surface area contributed by atoms with Crippen LogP contribution in [-0.4, -0.2) is 46.7 Å². The van der Waals surface area contributed by atoms with Crippen LogP contribution in [0.25, 0.3) is 0 Å². The van der Waals surface area contributed by atoms with E-state index in [4.69, 9.17) is 4.74 Å². The SMILES string of the molecule is CO[C@@H]1CN(c2nc(C(F)(F)F)ccc2C#N)C[C@H]1c1cn[nH]n1. The van der Waals surface area contributed by atoms with Crippen molar-refractivity contribution < 1.29 is 17.9 Å². The maximum absolute atomic E-state index is 12.9. The number of aromatic amines is 1. The molecule has 7 nitrogen and oxygen atoms in total. The zero-order valence-electron chi connectivity index (χ0n) is 12.6. The van der Waals surface area contributed by atoms with Crippen LogP contribution in [0, 0.1) is 11.3 Å². The Bertz CT molecular complexity index is 755. The van der Waals surface area contributed by atoms with E-state index in [2.05, 4.69) is 20.4 Å². The van der Waals surface area contributed by atoms with Gasteiger partial charge in [0.25, 0.3) is 0 Å². The van der Waals surface area contributed by atoms with E-state index >= 15 is 0 Å². The molecule has 1 fully saturated rings. The average molecular weight is 338 g/mol. The molecule has 0 unspecified atom stereocenters. The van der Waals surface area contributed by atoms with Crippen LogP contribution in [0.2, 0.25) is 0 Å². The predicted octanol–water partition coefficient (Wildman–Crippen LogP) is 1.71. The van der Waals surface area contributed by atoms with Gasteiger partial charge >= 0.3 is 6.18 Å². The van der Waals surface area contributed by atoms with Crippen molar-refractivity contribution >= 4 is 5.82 Å². The van der Waals surface area contributed by atoms with Crippen LogP contribution in [0.5, 0.6) is 0 Å². The van der Waals surface area contributed by atoms with Gasteiger partial charge in [0.2, 0.25) is 0 Å². The van der Waals surface area contributed by atoms with Gasteiger partial charge in [0.1, 0.15) is 17.6 Å². The second kappa shape index (κ2) is 6.09. The summed E-state index contributed by atoms with van der Waals surface area (Å²) < 4.78 is 44.2. The van der Waals surface area contributed by atoms with Crippen LogP contribution in [0.15, 0.2) is 18.3 Å². The summed E-state index contributed by atoms with van der Waals surface area (Å²) in [7, 11) is 1.52. The quantitative estimate of drug-likeness (QED) is 0.916. The Morgan fingerprint density at radius 1 is 1.38 bits per heavy atom. The molecule has 3 heterocycles. The van der Waals surface area contributed by atoms with E-state index in [-0.39, 0.29) is 23.4 Å². The second-order valence-electron chi connectivity index (χ2n) is 5.36. The van der Waals surface area contributed by atoms with Crippen LogP contribution >= 0.6 is 0 Å². The average Bonchev–Trinajstić information content (AvgIpc) is 3.22. The van der Waals surface area contributed by atoms with Gasteiger partial charge in [0.05, 0.1) is 29.5 Å². The van der Waals surface area contributed by atoms with Crippen molar-refractivity contribution in [2.24, 2.45) is 0 Å². The van der Waals surface area contributed by atoms with Crippen LogP contribution in [0.4, 0.5) is 19.0 Å². The fourth-order valence-corrected chi connectivity index (χ4v) is 2.79. The van der Waals surface area contributed by atoms with Gasteiger partial charge in [-0.1, -0.05) is 0 Å². The fraction of sp³-hybridized carbons (Fsp3) is 0.429. The first kappa shape index (κ1) is 16.2. The number of halogens is 3. The molecule has 0 aliphatic carbocycles. The first-order valence-electron chi connectivity index (χ1n) is 7.05. The summed E-state index contributed by atoms with van der Waals surface area (Å²) in [6.07, 6.45) is -3.32. The van der Waals surface area contributed by atoms with Gasteiger partial charge in [-0.25, -0.2) is 4.98 Å². The number of ether oxygens (including phenoxy) is 1. The smallest absolute Gasteiger partial charge is 0.379 e. The molecule has 3 rings (SSSR count). The minimum absolute atomic E-state index is 0.000342. The van der Waals surface area contributed by atoms with Crippen molar-refractivity contribution in [1.82, 2.24) is 20.4 Å². The lowest BCUT2D eigenvalue weighted by molar-refractivity contribution is -0.141. The number of H-pyrrole nitrogens is 1. The Hall–Kier alpha value is -2.67. The van der Waals surface area contributed by atoms with Crippen molar-refractivity contribution in [2.45, 2.75) is 18.2 Å². The molecular weight excluding hydrogens is 325 g/mol. The van der Waals surface area contributed by atoms with E-state index < -0.39 is 11.9 Å². The lowest BCUT2D eigenvalue weighted by atomic mass is 10.0. The summed E-state index contributed by atoms with van der Waals surface area (Å²) in [5, 5.41) is 19.5. The molecular formula is C14H13F3N6O. The molecule has 0 spiro atoms. The molecule has 0 radical (unpaired) electrons. The minimum Gasteiger partial charge on any atom is -0.379 e. The Morgan fingerprint density at radius 3 is 2.75 bits per heavy atom. The standard InChI is InChI=1S/C14H13F3N6O/c1-24-11-7-23(6-9(11)10-5-19-22-21-10)13-8(4-18)2-3-12(20-13)14(15,16)17/h2-3,5,9,11H,6-7H2,1H3,(H,19,21,22)/t9-,11+/m0/s1. The van der Waals surface area contributed by atoms with E-state index in [1.807, 2.05) is 6.07 Å². The van der Waals surface area contributed by atoms with Gasteiger partial charge in [-0.2, -0.15) is 33.8 Å². The molecule has 0 aromatic carbocycles. The monoisotopic (exact) mass is 338 g/mol. The summed E-state index contributed by atoms with van der Waals surface area (Å²) in [5.74, 6) is -0.183. The number of methoxy groups -OCH3 is 1. The Labute approximate surface area is 135 Å². The summed E-state index contributed by atoms with van der Waals surface area (Å²) in [5.41, 5.74) is -0.302. The maximum atomic E-state index is 12.9. The van der Waals surface area contributed by atoms with Gasteiger partial charge < -0.3 is 9.64 Å². The number of pyridine rings is 1. The van der Waals surface area contributed by atoms with Gasteiger partial charge in [-0.05, 0) is 12.1 Å². The van der Waals surface area contributed by atoms with E-state index in [9.17, 15) is 18.4 Å². The first-order valence-corrected chi connectivity index (χ1v) is 7.05. The molecule has 2 atom stereocenters. The maximum Gasteiger partial charge on any atom is 0.433 e. The van der Waals surface area contributed by atoms with Crippen LogP contribution in [-0.2, 0) is 10.9 Å². The molecule has 0 bridgehead atoms. The number of nitrogens with one attached hydrogen (secondary N) is 1. The van der Waals surface area contributed by atoms with E-state index in [0.29, 0.717) is 18.8 Å². The highest BCUT2D eigenvalue weighted by Gasteiger charge is 2.39. The number of nitrogens with zero attached hydrogens (tertiary/aromatic N) is 5. The van der Waals surface area contributed by atoms with Crippen LogP contribution in [0.3, 0.4) is 0 Å². The third-order valence-corrected chi connectivity index (χ3v) is 3.97. The molecule has 24 heavy (non-hydrogen) atoms. The van der Waals surface area contributed by atoms with Gasteiger partial charge in [-0.3, -0.25) is 0 Å². The molecule has 2 aromatic heterocycles. The zero-order chi connectivity index (χ0) is 17.3. The lowest BCUT2D eigenvalue weighted by Gasteiger charge is -2.19. The number of rotatable bonds is 3. The Balaban J connectivity index is 1.96. The molecule has 126 valence electrons. The van der Waals surface area contributed by atoms with E-state index in [1.165, 1.54) is 7.11 Å². The second-order valence-corrected chi connectivity index (χ2v) is 5.36. The third-order valence-electron chi connectivity index (χ3n) is 3.97. The van der Waals surface area contributed by atoms with Crippen molar-refractivity contribution in [2.75, 3.05) is 25.1 Å². The molecule has 2 aromatic rings. The van der Waals surface area contributed by atoms with Gasteiger partial charge in [0, 0.05) is 20.2 Å². The zero-order valence-corrected chi connectivity index (χ0v) is 12.6. The largest absolute Gasteiger partial charge is 0.433 e. The normalized spacial score (nSPS) is 21.0. The summed E-state index contributed by atoms with van der Waals surface area (Å²) in [4.78, 5) is 5.27. The number of hydrogen-bond acceptors (Lipinski definition) is 6. The summed E-state index contributed by atoms with van der Waals surface area (Å²) in [6.45, 7) is 0.630. The number of anilines is 1. The minimum atomic E-state index is -4.57. The van der Waals surface area contributed by atoms with Crippen molar-refractivity contribution in [3.63, 3.8) is 0 Å². The van der Waals surface area contributed by atoms with Gasteiger partial charge in [-0.15, -0.1) is 0 Å². The van der Waals surface area contributed by atoms with Gasteiger partial charge in [0.15, 0.2) is 0 Å². The highest BCUT2D eigenvalue weighted by atomic mass is 19.4. The van der Waals surface area contributed by atoms with Crippen LogP contribution in [0.1, 0.15) is 22.9 Å². The molecule has 1 saturated heterocycles. The summed E-state index contributed by atoms with van der Waals surface area (Å²) >= 11 is 0. The first-order chi connectivity index (χ1) is 11.4. The molecule has 10 heteroatoms. The van der Waals surface area contributed by atoms with E-state index in [0.717, 1.165) is 12.1 Å². The Morgan fingerprint density at radius 2 is 2.17 bits per heavy atom. The molecule has 0 amide bonds. The van der Waals surface area contributed by atoms with E-state index in [1.54, 1.807) is 11.1 Å². The third kappa shape index (κ3) is 2.90. The highest BCUT2D eigenvalue weighted by molar-refractivity contribution is 5.56. The molecule has 1 aliphatic rings. The summed E-state index contributed by atoms with van der Waals surface area (Å²) in [6, 6.07) is 3.83. The number of alkyl halides is 3. The topological polar surface area (TPSA) is 90.7 Å². The highest BCUT2D eigenvalue weighted by Crippen LogP contribution is 2.34. The lowest BCUT2D eigenvalue weighted by Crippen LogP contribution is -2.25. The van der Waals surface area contributed by atoms with Crippen molar-refractivity contribution in [3.05, 3.63) is 35.3 Å². The van der Waals surface area contributed by atoms with Crippen molar-refractivity contribution in [3.8, 4) is 6.07 Å². The number of aromatic nitrogens is 4. The molecule has 1 aliphatic heterocycles. The van der Waals surface area contributed by atoms with Crippen molar-refractivity contribution in [1.29, 1.82) is 5.26 Å². The van der Waals surface area contributed by atoms with Crippen LogP contribution < -0.4 is 4.90 Å². The fourth-order valence-electron chi connectivity index (χ4n) is 2.79. The molecule has 1 N–H and O–H groups in total. The number of nitriles is 1. The predicted molar refractivity (Wildman–Crippen MR) is 76.1 cm³/mol. The number of hydrogen-bond donors (Lipinski definition) is 1.